The molecular formula is C29H37N3O6S. The Morgan fingerprint density at radius 3 is 2.56 bits per heavy atom. The zero-order chi connectivity index (χ0) is 28.0. The Morgan fingerprint density at radius 1 is 1.15 bits per heavy atom. The number of aliphatic hydroxyl groups excluding tert-OH is 1. The molecule has 0 saturated carbocycles. The highest BCUT2D eigenvalue weighted by Gasteiger charge is 2.49. The van der Waals surface area contributed by atoms with E-state index in [-0.39, 0.29) is 24.3 Å². The first-order chi connectivity index (χ1) is 18.7. The van der Waals surface area contributed by atoms with Crippen LogP contribution in [0.1, 0.15) is 37.0 Å². The van der Waals surface area contributed by atoms with Gasteiger partial charge in [0.1, 0.15) is 12.1 Å². The van der Waals surface area contributed by atoms with Crippen LogP contribution in [0.4, 0.5) is 4.79 Å². The Labute approximate surface area is 233 Å². The summed E-state index contributed by atoms with van der Waals surface area (Å²) in [5.74, 6) is -0.663. The minimum absolute atomic E-state index is 0.207. The lowest BCUT2D eigenvalue weighted by Gasteiger charge is -2.33. The van der Waals surface area contributed by atoms with Gasteiger partial charge in [0.2, 0.25) is 5.91 Å². The van der Waals surface area contributed by atoms with Crippen molar-refractivity contribution in [2.45, 2.75) is 69.2 Å². The normalized spacial score (nSPS) is 21.7. The summed E-state index contributed by atoms with van der Waals surface area (Å²) in [4.78, 5) is 41.2. The number of carbonyl (C=O) groups is 3. The number of aliphatic hydroxyl groups is 1. The van der Waals surface area contributed by atoms with Crippen molar-refractivity contribution in [3.63, 3.8) is 0 Å². The van der Waals surface area contributed by atoms with Gasteiger partial charge in [0, 0.05) is 17.7 Å². The van der Waals surface area contributed by atoms with Gasteiger partial charge in [-0.2, -0.15) is 0 Å². The Hall–Kier alpha value is -3.08. The van der Waals surface area contributed by atoms with E-state index in [1.165, 1.54) is 16.7 Å². The maximum atomic E-state index is 13.7. The second-order valence-electron chi connectivity index (χ2n) is 10.5. The van der Waals surface area contributed by atoms with Crippen molar-refractivity contribution < 1.29 is 29.0 Å². The molecule has 210 valence electrons. The minimum Gasteiger partial charge on any atom is -0.444 e. The summed E-state index contributed by atoms with van der Waals surface area (Å²) in [6, 6.07) is 15.3. The molecule has 39 heavy (non-hydrogen) atoms. The van der Waals surface area contributed by atoms with E-state index < -0.39 is 34.9 Å². The fraction of sp³-hybridized carbons (Fsp3) is 0.483. The molecule has 3 amide bonds. The highest BCUT2D eigenvalue weighted by atomic mass is 32.2. The molecule has 2 aromatic carbocycles. The molecule has 0 spiro atoms. The Kier molecular flexibility index (Phi) is 9.53. The highest BCUT2D eigenvalue weighted by molar-refractivity contribution is 8.00. The molecule has 4 atom stereocenters. The van der Waals surface area contributed by atoms with Gasteiger partial charge in [0.05, 0.1) is 25.1 Å². The summed E-state index contributed by atoms with van der Waals surface area (Å²) in [6.45, 7) is 6.97. The van der Waals surface area contributed by atoms with Crippen molar-refractivity contribution in [3.8, 4) is 0 Å². The molecule has 3 N–H and O–H groups in total. The summed E-state index contributed by atoms with van der Waals surface area (Å²) >= 11 is 1.47. The SMILES string of the molecule is Cc1ccccc1CNC(=O)[C@@H]1N(C(=O)[C@@H](O)[C@H](Cc2ccccc2)NC(=O)O[C@H]2CCOC2)CSC1(C)C. The van der Waals surface area contributed by atoms with Crippen LogP contribution in [0.25, 0.3) is 0 Å². The number of alkyl carbamates (subject to hydrolysis) is 1. The first kappa shape index (κ1) is 28.9. The number of hydrogen-bond donors (Lipinski definition) is 3. The standard InChI is InChI=1S/C29H37N3O6S/c1-19-9-7-8-12-21(19)16-30-26(34)25-29(2,3)39-18-32(25)27(35)24(33)23(15-20-10-5-4-6-11-20)31-28(36)38-22-13-14-37-17-22/h4-12,22-25,33H,13-18H2,1-3H3,(H,30,34)(H,31,36)/t22-,23-,24-,25-/m0/s1. The Balaban J connectivity index is 1.48. The molecule has 0 aliphatic carbocycles. The van der Waals surface area contributed by atoms with E-state index in [0.717, 1.165) is 16.7 Å². The van der Waals surface area contributed by atoms with Gasteiger partial charge in [0.15, 0.2) is 6.10 Å². The molecule has 10 heteroatoms. The number of thioether (sulfide) groups is 1. The van der Waals surface area contributed by atoms with Crippen molar-refractivity contribution in [1.82, 2.24) is 15.5 Å². The lowest BCUT2D eigenvalue weighted by atomic mass is 9.97. The molecule has 0 bridgehead atoms. The van der Waals surface area contributed by atoms with E-state index >= 15 is 0 Å². The Bertz CT molecular complexity index is 1150. The molecule has 2 aliphatic heterocycles. The first-order valence-corrected chi connectivity index (χ1v) is 14.2. The van der Waals surface area contributed by atoms with Crippen LogP contribution in [0.15, 0.2) is 54.6 Å². The summed E-state index contributed by atoms with van der Waals surface area (Å²) in [5.41, 5.74) is 2.89. The van der Waals surface area contributed by atoms with E-state index in [4.69, 9.17) is 9.47 Å². The van der Waals surface area contributed by atoms with Crippen LogP contribution >= 0.6 is 11.8 Å². The topological polar surface area (TPSA) is 117 Å². The minimum atomic E-state index is -1.58. The van der Waals surface area contributed by atoms with Crippen LogP contribution in [0.5, 0.6) is 0 Å². The van der Waals surface area contributed by atoms with Gasteiger partial charge in [-0.15, -0.1) is 11.8 Å². The number of rotatable bonds is 9. The summed E-state index contributed by atoms with van der Waals surface area (Å²) in [7, 11) is 0. The van der Waals surface area contributed by atoms with Crippen molar-refractivity contribution in [2.24, 2.45) is 0 Å². The number of aryl methyl sites for hydroxylation is 1. The smallest absolute Gasteiger partial charge is 0.407 e. The number of nitrogens with one attached hydrogen (secondary N) is 2. The summed E-state index contributed by atoms with van der Waals surface area (Å²) < 4.78 is 10.1. The predicted octanol–water partition coefficient (Wildman–Crippen LogP) is 2.78. The zero-order valence-electron chi connectivity index (χ0n) is 22.6. The van der Waals surface area contributed by atoms with Crippen molar-refractivity contribution >= 4 is 29.7 Å². The third kappa shape index (κ3) is 7.32. The average molecular weight is 556 g/mol. The van der Waals surface area contributed by atoms with Crippen molar-refractivity contribution in [3.05, 3.63) is 71.3 Å². The number of benzene rings is 2. The third-order valence-corrected chi connectivity index (χ3v) is 8.56. The summed E-state index contributed by atoms with van der Waals surface area (Å²) in [6.07, 6.45) is -1.87. The van der Waals surface area contributed by atoms with Crippen LogP contribution in [-0.4, -0.2) is 76.0 Å². The number of carbonyl (C=O) groups excluding carboxylic acids is 3. The van der Waals surface area contributed by atoms with Gasteiger partial charge in [-0.1, -0.05) is 54.6 Å². The molecule has 2 aromatic rings. The number of ether oxygens (including phenoxy) is 2. The predicted molar refractivity (Wildman–Crippen MR) is 149 cm³/mol. The molecule has 2 heterocycles. The first-order valence-electron chi connectivity index (χ1n) is 13.2. The van der Waals surface area contributed by atoms with Gasteiger partial charge >= 0.3 is 6.09 Å². The second-order valence-corrected chi connectivity index (χ2v) is 12.1. The maximum absolute atomic E-state index is 13.7. The van der Waals surface area contributed by atoms with Gasteiger partial charge < -0.3 is 30.1 Å². The number of amides is 3. The molecular weight excluding hydrogens is 518 g/mol. The molecule has 9 nitrogen and oxygen atoms in total. The largest absolute Gasteiger partial charge is 0.444 e. The van der Waals surface area contributed by atoms with Crippen molar-refractivity contribution in [2.75, 3.05) is 19.1 Å². The van der Waals surface area contributed by atoms with Crippen LogP contribution in [0, 0.1) is 6.92 Å². The van der Waals surface area contributed by atoms with Crippen LogP contribution in [0.2, 0.25) is 0 Å². The molecule has 0 aromatic heterocycles. The molecule has 2 aliphatic rings. The average Bonchev–Trinajstić information content (AvgIpc) is 3.54. The van der Waals surface area contributed by atoms with Gasteiger partial charge in [-0.05, 0) is 43.9 Å². The molecule has 2 saturated heterocycles. The summed E-state index contributed by atoms with van der Waals surface area (Å²) in [5, 5.41) is 17.0. The van der Waals surface area contributed by atoms with Crippen LogP contribution in [0.3, 0.4) is 0 Å². The fourth-order valence-electron chi connectivity index (χ4n) is 4.89. The number of hydrogen-bond acceptors (Lipinski definition) is 7. The zero-order valence-corrected chi connectivity index (χ0v) is 23.4. The lowest BCUT2D eigenvalue weighted by Crippen LogP contribution is -2.58. The van der Waals surface area contributed by atoms with E-state index in [9.17, 15) is 19.5 Å². The van der Waals surface area contributed by atoms with Crippen molar-refractivity contribution in [1.29, 1.82) is 0 Å². The molecule has 2 fully saturated rings. The van der Waals surface area contributed by atoms with Crippen LogP contribution < -0.4 is 10.6 Å². The number of nitrogens with zero attached hydrogens (tertiary/aromatic N) is 1. The molecule has 0 radical (unpaired) electrons. The van der Waals surface area contributed by atoms with Crippen LogP contribution in [-0.2, 0) is 32.0 Å². The van der Waals surface area contributed by atoms with E-state index in [0.29, 0.717) is 26.2 Å². The Morgan fingerprint density at radius 2 is 1.87 bits per heavy atom. The van der Waals surface area contributed by atoms with E-state index in [1.54, 1.807) is 0 Å². The second kappa shape index (κ2) is 12.8. The van der Waals surface area contributed by atoms with Gasteiger partial charge in [-0.25, -0.2) is 4.79 Å². The molecule has 0 unspecified atom stereocenters. The maximum Gasteiger partial charge on any atom is 0.407 e. The lowest BCUT2D eigenvalue weighted by molar-refractivity contribution is -0.147. The molecule has 4 rings (SSSR count). The van der Waals surface area contributed by atoms with Gasteiger partial charge in [0.25, 0.3) is 5.91 Å². The van der Waals surface area contributed by atoms with E-state index in [1.807, 2.05) is 75.4 Å². The van der Waals surface area contributed by atoms with E-state index in [2.05, 4.69) is 10.6 Å². The third-order valence-electron chi connectivity index (χ3n) is 7.19. The quantitative estimate of drug-likeness (QED) is 0.436. The highest BCUT2D eigenvalue weighted by Crippen LogP contribution is 2.40. The fourth-order valence-corrected chi connectivity index (χ4v) is 6.03. The monoisotopic (exact) mass is 555 g/mol. The van der Waals surface area contributed by atoms with Gasteiger partial charge in [-0.3, -0.25) is 9.59 Å².